The van der Waals surface area contributed by atoms with Gasteiger partial charge in [-0.1, -0.05) is 24.3 Å². The van der Waals surface area contributed by atoms with Gasteiger partial charge in [-0.3, -0.25) is 9.89 Å². The van der Waals surface area contributed by atoms with E-state index in [2.05, 4.69) is 58.6 Å². The van der Waals surface area contributed by atoms with Crippen molar-refractivity contribution in [2.24, 2.45) is 4.99 Å². The van der Waals surface area contributed by atoms with Crippen molar-refractivity contribution in [1.29, 1.82) is 0 Å². The molecule has 0 spiro atoms. The highest BCUT2D eigenvalue weighted by atomic mass is 127. The van der Waals surface area contributed by atoms with Gasteiger partial charge < -0.3 is 24.8 Å². The molecule has 2 atom stereocenters. The lowest BCUT2D eigenvalue weighted by atomic mass is 10.1. The third kappa shape index (κ3) is 10.9. The first-order valence-corrected chi connectivity index (χ1v) is 10.6. The number of aliphatic imine (C=N–C) groups is 1. The van der Waals surface area contributed by atoms with Gasteiger partial charge in [0.05, 0.1) is 25.4 Å². The monoisotopic (exact) mass is 534 g/mol. The first kappa shape index (κ1) is 27.1. The van der Waals surface area contributed by atoms with E-state index in [0.717, 1.165) is 51.7 Å². The summed E-state index contributed by atoms with van der Waals surface area (Å²) < 4.78 is 16.2. The van der Waals surface area contributed by atoms with E-state index in [9.17, 15) is 0 Å². The van der Waals surface area contributed by atoms with Crippen LogP contribution in [0.4, 0.5) is 0 Å². The summed E-state index contributed by atoms with van der Waals surface area (Å²) in [5.41, 5.74) is 2.58. The van der Waals surface area contributed by atoms with Gasteiger partial charge in [0, 0.05) is 53.5 Å². The Kier molecular flexibility index (Phi) is 14.3. The van der Waals surface area contributed by atoms with Crippen LogP contribution in [0.1, 0.15) is 31.4 Å². The summed E-state index contributed by atoms with van der Waals surface area (Å²) in [7, 11) is 3.47. The molecule has 0 bridgehead atoms. The van der Waals surface area contributed by atoms with Crippen molar-refractivity contribution in [2.45, 2.75) is 45.6 Å². The summed E-state index contributed by atoms with van der Waals surface area (Å²) >= 11 is 0. The van der Waals surface area contributed by atoms with Crippen molar-refractivity contribution < 1.29 is 14.2 Å². The predicted molar refractivity (Wildman–Crippen MR) is 133 cm³/mol. The first-order valence-electron chi connectivity index (χ1n) is 10.6. The lowest BCUT2D eigenvalue weighted by Crippen LogP contribution is -2.44. The molecule has 8 heteroatoms. The van der Waals surface area contributed by atoms with Crippen LogP contribution < -0.4 is 10.6 Å². The Morgan fingerprint density at radius 3 is 2.37 bits per heavy atom. The third-order valence-corrected chi connectivity index (χ3v) is 4.80. The molecule has 0 aromatic heterocycles. The lowest BCUT2D eigenvalue weighted by molar-refractivity contribution is -0.0704. The van der Waals surface area contributed by atoms with Gasteiger partial charge in [0.15, 0.2) is 5.96 Å². The summed E-state index contributed by atoms with van der Waals surface area (Å²) in [5.74, 6) is 0.808. The Morgan fingerprint density at radius 1 is 1.07 bits per heavy atom. The Balaban J connectivity index is 0.00000450. The number of nitrogens with one attached hydrogen (secondary N) is 2. The van der Waals surface area contributed by atoms with Gasteiger partial charge in [-0.25, -0.2) is 0 Å². The highest BCUT2D eigenvalue weighted by molar-refractivity contribution is 14.0. The predicted octanol–water partition coefficient (Wildman–Crippen LogP) is 2.63. The molecule has 172 valence electrons. The molecule has 2 unspecified atom stereocenters. The van der Waals surface area contributed by atoms with E-state index in [1.165, 1.54) is 11.1 Å². The number of morpholine rings is 1. The average molecular weight is 534 g/mol. The molecule has 0 saturated carbocycles. The number of halogens is 1. The molecule has 1 aliphatic rings. The summed E-state index contributed by atoms with van der Waals surface area (Å²) in [4.78, 5) is 6.74. The molecule has 2 rings (SSSR count). The third-order valence-electron chi connectivity index (χ3n) is 4.80. The van der Waals surface area contributed by atoms with Crippen molar-refractivity contribution in [3.63, 3.8) is 0 Å². The van der Waals surface area contributed by atoms with E-state index in [1.807, 2.05) is 0 Å². The largest absolute Gasteiger partial charge is 0.382 e. The fourth-order valence-corrected chi connectivity index (χ4v) is 3.47. The van der Waals surface area contributed by atoms with E-state index in [4.69, 9.17) is 14.2 Å². The Bertz CT molecular complexity index is 591. The Hall–Kier alpha value is -0.940. The highest BCUT2D eigenvalue weighted by Crippen LogP contribution is 2.14. The van der Waals surface area contributed by atoms with Crippen molar-refractivity contribution >= 4 is 29.9 Å². The van der Waals surface area contributed by atoms with Gasteiger partial charge in [-0.05, 0) is 31.4 Å². The number of benzene rings is 1. The zero-order chi connectivity index (χ0) is 20.9. The van der Waals surface area contributed by atoms with Gasteiger partial charge in [-0.15, -0.1) is 24.0 Å². The van der Waals surface area contributed by atoms with Crippen molar-refractivity contribution in [1.82, 2.24) is 15.5 Å². The van der Waals surface area contributed by atoms with Crippen LogP contribution in [0.5, 0.6) is 0 Å². The number of ether oxygens (including phenoxy) is 3. The van der Waals surface area contributed by atoms with E-state index < -0.39 is 0 Å². The zero-order valence-electron chi connectivity index (χ0n) is 18.9. The molecule has 1 saturated heterocycles. The van der Waals surface area contributed by atoms with Crippen molar-refractivity contribution in [3.8, 4) is 0 Å². The van der Waals surface area contributed by atoms with Crippen molar-refractivity contribution in [2.75, 3.05) is 53.6 Å². The fraction of sp³-hybridized carbons (Fsp3) is 0.682. The van der Waals surface area contributed by atoms with Gasteiger partial charge in [0.25, 0.3) is 0 Å². The van der Waals surface area contributed by atoms with Crippen LogP contribution >= 0.6 is 24.0 Å². The van der Waals surface area contributed by atoms with Gasteiger partial charge in [0.2, 0.25) is 0 Å². The second-order valence-corrected chi connectivity index (χ2v) is 7.58. The average Bonchev–Trinajstić information content (AvgIpc) is 2.70. The fourth-order valence-electron chi connectivity index (χ4n) is 3.47. The minimum atomic E-state index is 0. The molecule has 1 fully saturated rings. The number of nitrogens with zero attached hydrogens (tertiary/aromatic N) is 2. The summed E-state index contributed by atoms with van der Waals surface area (Å²) in [6.07, 6.45) is 1.54. The Morgan fingerprint density at radius 2 is 1.73 bits per heavy atom. The standard InChI is InChI=1S/C22H38N4O3.HI/c1-18-15-26(16-19(2)29-18)17-21-8-6-20(7-9-21)14-25-22(23-3)24-10-5-11-28-13-12-27-4;/h6-9,18-19H,5,10-17H2,1-4H3,(H2,23,24,25);1H. The quantitative estimate of drug-likeness (QED) is 0.197. The molecular formula is C22H39IN4O3. The van der Waals surface area contributed by atoms with Gasteiger partial charge in [-0.2, -0.15) is 0 Å². The smallest absolute Gasteiger partial charge is 0.191 e. The molecule has 0 aliphatic carbocycles. The first-order chi connectivity index (χ1) is 14.1. The molecule has 1 aromatic carbocycles. The van der Waals surface area contributed by atoms with E-state index >= 15 is 0 Å². The normalized spacial score (nSPS) is 19.9. The minimum Gasteiger partial charge on any atom is -0.382 e. The second kappa shape index (κ2) is 15.8. The van der Waals surface area contributed by atoms with Crippen molar-refractivity contribution in [3.05, 3.63) is 35.4 Å². The maximum absolute atomic E-state index is 5.82. The molecular weight excluding hydrogens is 495 g/mol. The van der Waals surface area contributed by atoms with Crippen LogP contribution in [0.15, 0.2) is 29.3 Å². The number of rotatable bonds is 11. The molecule has 2 N–H and O–H groups in total. The molecule has 0 amide bonds. The highest BCUT2D eigenvalue weighted by Gasteiger charge is 2.21. The summed E-state index contributed by atoms with van der Waals surface area (Å²) in [6, 6.07) is 8.81. The second-order valence-electron chi connectivity index (χ2n) is 7.58. The minimum absolute atomic E-state index is 0. The van der Waals surface area contributed by atoms with Gasteiger partial charge in [0.1, 0.15) is 0 Å². The van der Waals surface area contributed by atoms with Crippen LogP contribution in [0, 0.1) is 0 Å². The number of guanidine groups is 1. The molecule has 1 aliphatic heterocycles. The molecule has 7 nitrogen and oxygen atoms in total. The van der Waals surface area contributed by atoms with E-state index in [0.29, 0.717) is 25.4 Å². The number of methoxy groups -OCH3 is 1. The molecule has 1 heterocycles. The van der Waals surface area contributed by atoms with Crippen LogP contribution in [-0.4, -0.2) is 76.7 Å². The molecule has 1 aromatic rings. The maximum Gasteiger partial charge on any atom is 0.191 e. The summed E-state index contributed by atoms with van der Waals surface area (Å²) in [5, 5.41) is 6.67. The molecule has 30 heavy (non-hydrogen) atoms. The number of hydrogen-bond donors (Lipinski definition) is 2. The van der Waals surface area contributed by atoms with E-state index in [-0.39, 0.29) is 24.0 Å². The Labute approximate surface area is 199 Å². The molecule has 0 radical (unpaired) electrons. The van der Waals surface area contributed by atoms with Crippen LogP contribution in [0.3, 0.4) is 0 Å². The SMILES string of the molecule is CN=C(NCCCOCCOC)NCc1ccc(CN2CC(C)OC(C)C2)cc1.I. The zero-order valence-corrected chi connectivity index (χ0v) is 21.2. The number of hydrogen-bond acceptors (Lipinski definition) is 5. The van der Waals surface area contributed by atoms with Crippen LogP contribution in [0.25, 0.3) is 0 Å². The summed E-state index contributed by atoms with van der Waals surface area (Å²) in [6.45, 7) is 10.8. The van der Waals surface area contributed by atoms with E-state index in [1.54, 1.807) is 14.2 Å². The van der Waals surface area contributed by atoms with Crippen LogP contribution in [-0.2, 0) is 27.3 Å². The maximum atomic E-state index is 5.82. The topological polar surface area (TPSA) is 67.4 Å². The van der Waals surface area contributed by atoms with Gasteiger partial charge >= 0.3 is 0 Å². The van der Waals surface area contributed by atoms with Crippen LogP contribution in [0.2, 0.25) is 0 Å². The lowest BCUT2D eigenvalue weighted by Gasteiger charge is -2.35.